The predicted molar refractivity (Wildman–Crippen MR) is 123 cm³/mol. The number of amides is 1. The van der Waals surface area contributed by atoms with Crippen LogP contribution >= 0.6 is 0 Å². The maximum atomic E-state index is 13.0. The Morgan fingerprint density at radius 1 is 0.879 bits per heavy atom. The maximum absolute atomic E-state index is 13.0. The van der Waals surface area contributed by atoms with E-state index in [0.29, 0.717) is 41.8 Å². The summed E-state index contributed by atoms with van der Waals surface area (Å²) in [4.78, 5) is 12.5. The zero-order chi connectivity index (χ0) is 23.4. The summed E-state index contributed by atoms with van der Waals surface area (Å²) in [5.74, 6) is 0.447. The Morgan fingerprint density at radius 3 is 2.18 bits per heavy atom. The van der Waals surface area contributed by atoms with E-state index >= 15 is 0 Å². The molecule has 8 nitrogen and oxygen atoms in total. The van der Waals surface area contributed by atoms with Crippen LogP contribution < -0.4 is 24.8 Å². The fourth-order valence-electron chi connectivity index (χ4n) is 3.15. The minimum atomic E-state index is -3.84. The van der Waals surface area contributed by atoms with Crippen LogP contribution in [0.4, 0.5) is 21.5 Å². The third-order valence-corrected chi connectivity index (χ3v) is 6.24. The average molecular weight is 472 g/mol. The number of halogens is 1. The van der Waals surface area contributed by atoms with Crippen LogP contribution in [-0.2, 0) is 14.8 Å². The van der Waals surface area contributed by atoms with Gasteiger partial charge in [0.15, 0.2) is 11.5 Å². The Balaban J connectivity index is 1.35. The number of carbonyl (C=O) groups is 1. The lowest BCUT2D eigenvalue weighted by molar-refractivity contribution is -0.116. The molecule has 33 heavy (non-hydrogen) atoms. The third kappa shape index (κ3) is 5.53. The largest absolute Gasteiger partial charge is 0.486 e. The van der Waals surface area contributed by atoms with Crippen LogP contribution in [0.3, 0.4) is 0 Å². The van der Waals surface area contributed by atoms with Crippen LogP contribution in [0.2, 0.25) is 0 Å². The Labute approximate surface area is 190 Å². The van der Waals surface area contributed by atoms with Crippen LogP contribution in [0, 0.1) is 5.82 Å². The van der Waals surface area contributed by atoms with Crippen molar-refractivity contribution in [3.63, 3.8) is 0 Å². The highest BCUT2D eigenvalue weighted by molar-refractivity contribution is 7.92. The summed E-state index contributed by atoms with van der Waals surface area (Å²) in [5, 5.41) is 5.89. The molecule has 1 heterocycles. The van der Waals surface area contributed by atoms with Gasteiger partial charge in [0.05, 0.1) is 4.90 Å². The summed E-state index contributed by atoms with van der Waals surface area (Å²) in [6.07, 6.45) is 0. The van der Waals surface area contributed by atoms with Crippen molar-refractivity contribution in [1.82, 2.24) is 0 Å². The molecule has 0 radical (unpaired) electrons. The van der Waals surface area contributed by atoms with E-state index in [1.165, 1.54) is 12.1 Å². The molecule has 1 amide bonds. The van der Waals surface area contributed by atoms with Crippen LogP contribution in [-0.4, -0.2) is 33.6 Å². The number of ether oxygens (including phenoxy) is 2. The number of carbonyl (C=O) groups excluding carboxylic acids is 1. The van der Waals surface area contributed by atoms with Gasteiger partial charge in [-0.1, -0.05) is 0 Å². The molecule has 0 bridgehead atoms. The summed E-state index contributed by atoms with van der Waals surface area (Å²) in [7, 11) is -3.84. The van der Waals surface area contributed by atoms with E-state index in [2.05, 4.69) is 15.4 Å². The molecule has 4 rings (SSSR count). The quantitative estimate of drug-likeness (QED) is 0.484. The van der Waals surface area contributed by atoms with Gasteiger partial charge in [0.1, 0.15) is 25.1 Å². The van der Waals surface area contributed by atoms with E-state index in [-0.39, 0.29) is 10.8 Å². The van der Waals surface area contributed by atoms with Crippen molar-refractivity contribution in [2.75, 3.05) is 28.6 Å². The summed E-state index contributed by atoms with van der Waals surface area (Å²) in [6.45, 7) is 2.66. The molecule has 3 aromatic carbocycles. The van der Waals surface area contributed by atoms with Crippen molar-refractivity contribution in [3.8, 4) is 11.5 Å². The van der Waals surface area contributed by atoms with Crippen LogP contribution in [0.25, 0.3) is 0 Å². The number of hydrogen-bond donors (Lipinski definition) is 3. The minimum absolute atomic E-state index is 0.0458. The monoisotopic (exact) mass is 471 g/mol. The van der Waals surface area contributed by atoms with Gasteiger partial charge < -0.3 is 20.1 Å². The second-order valence-electron chi connectivity index (χ2n) is 7.35. The van der Waals surface area contributed by atoms with Gasteiger partial charge in [0.2, 0.25) is 5.91 Å². The molecule has 0 saturated heterocycles. The van der Waals surface area contributed by atoms with E-state index < -0.39 is 21.9 Å². The first-order valence-corrected chi connectivity index (χ1v) is 11.6. The fraction of sp³-hybridized carbons (Fsp3) is 0.174. The molecule has 0 aliphatic carbocycles. The fourth-order valence-corrected chi connectivity index (χ4v) is 4.21. The van der Waals surface area contributed by atoms with Crippen molar-refractivity contribution in [2.24, 2.45) is 0 Å². The van der Waals surface area contributed by atoms with Gasteiger partial charge in [0.25, 0.3) is 10.0 Å². The van der Waals surface area contributed by atoms with Crippen molar-refractivity contribution < 1.29 is 27.1 Å². The van der Waals surface area contributed by atoms with E-state index in [1.54, 1.807) is 49.4 Å². The first-order valence-electron chi connectivity index (χ1n) is 10.2. The van der Waals surface area contributed by atoms with Crippen molar-refractivity contribution in [3.05, 3.63) is 72.5 Å². The Kier molecular flexibility index (Phi) is 6.36. The molecule has 3 N–H and O–H groups in total. The molecular weight excluding hydrogens is 449 g/mol. The molecule has 3 aromatic rings. The zero-order valence-electron chi connectivity index (χ0n) is 17.7. The molecular formula is C23H22FN3O5S. The molecule has 0 unspecified atom stereocenters. The highest BCUT2D eigenvalue weighted by Gasteiger charge is 2.17. The molecule has 0 fully saturated rings. The average Bonchev–Trinajstić information content (AvgIpc) is 2.80. The standard InChI is InChI=1S/C23H22FN3O5S/c1-15(23(28)26-19-8-11-21-22(14-19)32-13-12-31-21)25-17-4-6-18(7-5-17)27-33(29,30)20-9-2-16(24)3-10-20/h2-11,14-15,25,27H,12-13H2,1H3,(H,26,28)/t15-/m1/s1. The van der Waals surface area contributed by atoms with Gasteiger partial charge >= 0.3 is 0 Å². The van der Waals surface area contributed by atoms with E-state index in [4.69, 9.17) is 9.47 Å². The second-order valence-corrected chi connectivity index (χ2v) is 9.03. The molecule has 1 aliphatic rings. The summed E-state index contributed by atoms with van der Waals surface area (Å²) in [6, 6.07) is 15.6. The summed E-state index contributed by atoms with van der Waals surface area (Å²) >= 11 is 0. The molecule has 1 aliphatic heterocycles. The first-order chi connectivity index (χ1) is 15.8. The Morgan fingerprint density at radius 2 is 1.48 bits per heavy atom. The number of hydrogen-bond acceptors (Lipinski definition) is 6. The van der Waals surface area contributed by atoms with Crippen LogP contribution in [0.15, 0.2) is 71.6 Å². The van der Waals surface area contributed by atoms with Crippen molar-refractivity contribution in [1.29, 1.82) is 0 Å². The van der Waals surface area contributed by atoms with Gasteiger partial charge in [-0.05, 0) is 67.6 Å². The van der Waals surface area contributed by atoms with E-state index in [1.807, 2.05) is 0 Å². The SMILES string of the molecule is C[C@@H](Nc1ccc(NS(=O)(=O)c2ccc(F)cc2)cc1)C(=O)Nc1ccc2c(c1)OCCO2. The Hall–Kier alpha value is -3.79. The topological polar surface area (TPSA) is 106 Å². The van der Waals surface area contributed by atoms with Crippen molar-refractivity contribution >= 4 is 33.0 Å². The van der Waals surface area contributed by atoms with Gasteiger partial charge in [0, 0.05) is 23.1 Å². The lowest BCUT2D eigenvalue weighted by Gasteiger charge is -2.20. The summed E-state index contributed by atoms with van der Waals surface area (Å²) < 4.78 is 51.3. The molecule has 10 heteroatoms. The number of fused-ring (bicyclic) bond motifs is 1. The number of anilines is 3. The lowest BCUT2D eigenvalue weighted by Crippen LogP contribution is -2.31. The third-order valence-electron chi connectivity index (χ3n) is 4.85. The summed E-state index contributed by atoms with van der Waals surface area (Å²) in [5.41, 5.74) is 1.55. The highest BCUT2D eigenvalue weighted by Crippen LogP contribution is 2.32. The molecule has 172 valence electrons. The predicted octanol–water partition coefficient (Wildman–Crippen LogP) is 3.84. The van der Waals surface area contributed by atoms with E-state index in [0.717, 1.165) is 12.1 Å². The molecule has 0 aromatic heterocycles. The second kappa shape index (κ2) is 9.37. The van der Waals surface area contributed by atoms with Crippen molar-refractivity contribution in [2.45, 2.75) is 17.9 Å². The van der Waals surface area contributed by atoms with E-state index in [9.17, 15) is 17.6 Å². The van der Waals surface area contributed by atoms with Gasteiger partial charge in [-0.25, -0.2) is 12.8 Å². The first kappa shape index (κ1) is 22.4. The number of rotatable bonds is 7. The van der Waals surface area contributed by atoms with Gasteiger partial charge in [-0.3, -0.25) is 9.52 Å². The smallest absolute Gasteiger partial charge is 0.261 e. The highest BCUT2D eigenvalue weighted by atomic mass is 32.2. The normalized spacial score (nSPS) is 13.6. The van der Waals surface area contributed by atoms with Crippen LogP contribution in [0.5, 0.6) is 11.5 Å². The number of nitrogens with one attached hydrogen (secondary N) is 3. The number of sulfonamides is 1. The maximum Gasteiger partial charge on any atom is 0.261 e. The molecule has 1 atom stereocenters. The lowest BCUT2D eigenvalue weighted by atomic mass is 10.2. The Bertz CT molecular complexity index is 1250. The zero-order valence-corrected chi connectivity index (χ0v) is 18.5. The van der Waals surface area contributed by atoms with Gasteiger partial charge in [-0.2, -0.15) is 0 Å². The molecule has 0 spiro atoms. The molecule has 0 saturated carbocycles. The van der Waals surface area contributed by atoms with Crippen LogP contribution in [0.1, 0.15) is 6.92 Å². The number of benzene rings is 3. The van der Waals surface area contributed by atoms with Gasteiger partial charge in [-0.15, -0.1) is 0 Å². The minimum Gasteiger partial charge on any atom is -0.486 e.